The highest BCUT2D eigenvalue weighted by molar-refractivity contribution is 7.85. The summed E-state index contributed by atoms with van der Waals surface area (Å²) in [6.45, 7) is -0.0289. The normalized spacial score (nSPS) is 12.6. The van der Waals surface area contributed by atoms with Crippen LogP contribution < -0.4 is 11.5 Å². The molecule has 0 fully saturated rings. The molecule has 0 heterocycles. The van der Waals surface area contributed by atoms with Gasteiger partial charge in [0.15, 0.2) is 0 Å². The number of thiol groups is 1. The highest BCUT2D eigenvalue weighted by Crippen LogP contribution is 1.80. The van der Waals surface area contributed by atoms with Gasteiger partial charge in [-0.1, -0.05) is 0 Å². The fraction of sp³-hybridized carbons (Fsp3) is 0.800. The molecule has 0 aromatic rings. The third-order valence-corrected chi connectivity index (χ3v) is 2.03. The third-order valence-electron chi connectivity index (χ3n) is 0.890. The topological polar surface area (TPSA) is 144 Å². The molecule has 0 amide bonds. The van der Waals surface area contributed by atoms with Crippen LogP contribution >= 0.6 is 12.6 Å². The summed E-state index contributed by atoms with van der Waals surface area (Å²) in [4.78, 5) is 9.76. The van der Waals surface area contributed by atoms with E-state index in [4.69, 9.17) is 21.1 Å². The van der Waals surface area contributed by atoms with E-state index < -0.39 is 22.1 Å². The highest BCUT2D eigenvalue weighted by atomic mass is 32.2. The number of hydrogen-bond acceptors (Lipinski definition) is 6. The van der Waals surface area contributed by atoms with Crippen LogP contribution in [0.25, 0.3) is 0 Å². The molecule has 0 bridgehead atoms. The zero-order valence-corrected chi connectivity index (χ0v) is 9.04. The van der Waals surface area contributed by atoms with Crippen molar-refractivity contribution in [1.29, 1.82) is 0 Å². The van der Waals surface area contributed by atoms with Gasteiger partial charge in [-0.25, -0.2) is 0 Å². The summed E-state index contributed by atoms with van der Waals surface area (Å²) in [7, 11) is -3.80. The van der Waals surface area contributed by atoms with Crippen LogP contribution in [0, 0.1) is 0 Å². The summed E-state index contributed by atoms with van der Waals surface area (Å²) in [6.07, 6.45) is 0. The Bertz CT molecular complexity index is 253. The van der Waals surface area contributed by atoms with Crippen molar-refractivity contribution in [3.63, 3.8) is 0 Å². The molecule has 0 aliphatic heterocycles. The Labute approximate surface area is 87.6 Å². The molecule has 0 aromatic heterocycles. The number of aliphatic carboxylic acids is 1. The van der Waals surface area contributed by atoms with Crippen molar-refractivity contribution in [1.82, 2.24) is 0 Å². The van der Waals surface area contributed by atoms with E-state index in [1.807, 2.05) is 0 Å². The van der Waals surface area contributed by atoms with Crippen LogP contribution in [-0.4, -0.2) is 48.1 Å². The molecule has 9 heteroatoms. The zero-order chi connectivity index (χ0) is 11.8. The zero-order valence-electron chi connectivity index (χ0n) is 7.33. The van der Waals surface area contributed by atoms with Gasteiger partial charge in [-0.3, -0.25) is 9.35 Å². The van der Waals surface area contributed by atoms with Crippen LogP contribution in [0.5, 0.6) is 0 Å². The van der Waals surface area contributed by atoms with Gasteiger partial charge in [0.1, 0.15) is 6.04 Å². The fourth-order valence-corrected chi connectivity index (χ4v) is 0.681. The molecule has 0 aromatic carbocycles. The van der Waals surface area contributed by atoms with Gasteiger partial charge in [-0.15, -0.1) is 0 Å². The first kappa shape index (κ1) is 16.1. The Hall–Kier alpha value is -0.350. The Kier molecular flexibility index (Phi) is 9.20. The van der Waals surface area contributed by atoms with E-state index in [9.17, 15) is 13.2 Å². The average Bonchev–Trinajstić information content (AvgIpc) is 2.01. The molecule has 0 spiro atoms. The first-order valence-electron chi connectivity index (χ1n) is 3.49. The standard InChI is InChI=1S/C3H7NO2S.C2H7NO3S/c4-2(1-7)3(5)6;3-1-2-7(4,5)6/h2,7H,1,4H2,(H,5,6);1-3H2,(H,4,5,6). The van der Waals surface area contributed by atoms with Gasteiger partial charge in [0, 0.05) is 12.3 Å². The van der Waals surface area contributed by atoms with Crippen molar-refractivity contribution in [3.05, 3.63) is 0 Å². The van der Waals surface area contributed by atoms with Crippen molar-refractivity contribution in [2.45, 2.75) is 6.04 Å². The minimum atomic E-state index is -3.80. The second-order valence-corrected chi connectivity index (χ2v) is 4.14. The van der Waals surface area contributed by atoms with Crippen molar-refractivity contribution in [3.8, 4) is 0 Å². The van der Waals surface area contributed by atoms with Crippen molar-refractivity contribution < 1.29 is 22.9 Å². The minimum Gasteiger partial charge on any atom is -0.480 e. The smallest absolute Gasteiger partial charge is 0.321 e. The van der Waals surface area contributed by atoms with Crippen LogP contribution in [0.15, 0.2) is 0 Å². The lowest BCUT2D eigenvalue weighted by atomic mass is 10.4. The van der Waals surface area contributed by atoms with Gasteiger partial charge >= 0.3 is 5.97 Å². The minimum absolute atomic E-state index is 0.0289. The summed E-state index contributed by atoms with van der Waals surface area (Å²) in [5.74, 6) is -1.17. The molecule has 0 saturated carbocycles. The maximum absolute atomic E-state index is 9.76. The number of hydrogen-bond donors (Lipinski definition) is 5. The van der Waals surface area contributed by atoms with Gasteiger partial charge < -0.3 is 16.6 Å². The van der Waals surface area contributed by atoms with E-state index >= 15 is 0 Å². The van der Waals surface area contributed by atoms with E-state index in [1.165, 1.54) is 0 Å². The summed E-state index contributed by atoms with van der Waals surface area (Å²) >= 11 is 3.65. The maximum atomic E-state index is 9.76. The Morgan fingerprint density at radius 3 is 1.93 bits per heavy atom. The van der Waals surface area contributed by atoms with Gasteiger partial charge in [0.2, 0.25) is 0 Å². The van der Waals surface area contributed by atoms with E-state index in [-0.39, 0.29) is 18.1 Å². The van der Waals surface area contributed by atoms with Gasteiger partial charge in [-0.05, 0) is 0 Å². The quantitative estimate of drug-likeness (QED) is 0.289. The van der Waals surface area contributed by atoms with E-state index in [0.29, 0.717) is 0 Å². The van der Waals surface area contributed by atoms with Gasteiger partial charge in [-0.2, -0.15) is 21.0 Å². The van der Waals surface area contributed by atoms with E-state index in [1.54, 1.807) is 0 Å². The maximum Gasteiger partial charge on any atom is 0.321 e. The van der Waals surface area contributed by atoms with E-state index in [2.05, 4.69) is 12.6 Å². The predicted molar refractivity (Wildman–Crippen MR) is 54.9 cm³/mol. The molecule has 0 aliphatic carbocycles. The second kappa shape index (κ2) is 8.00. The Morgan fingerprint density at radius 2 is 1.93 bits per heavy atom. The predicted octanol–water partition coefficient (Wildman–Crippen LogP) is -1.84. The van der Waals surface area contributed by atoms with Crippen LogP contribution in [-0.2, 0) is 14.9 Å². The van der Waals surface area contributed by atoms with Crippen LogP contribution in [0.1, 0.15) is 0 Å². The molecule has 1 unspecified atom stereocenters. The SMILES string of the molecule is NC(CS)C(=O)O.NCCS(=O)(=O)O. The first-order valence-corrected chi connectivity index (χ1v) is 5.73. The molecule has 86 valence electrons. The molecule has 0 saturated heterocycles. The summed E-state index contributed by atoms with van der Waals surface area (Å²) < 4.78 is 27.3. The molecule has 0 aliphatic rings. The number of nitrogens with two attached hydrogens (primary N) is 2. The molecule has 6 N–H and O–H groups in total. The van der Waals surface area contributed by atoms with Crippen molar-refractivity contribution in [2.24, 2.45) is 11.5 Å². The second-order valence-electron chi connectivity index (χ2n) is 2.20. The van der Waals surface area contributed by atoms with Crippen LogP contribution in [0.2, 0.25) is 0 Å². The van der Waals surface area contributed by atoms with Gasteiger partial charge in [0.25, 0.3) is 10.1 Å². The van der Waals surface area contributed by atoms with Crippen LogP contribution in [0.3, 0.4) is 0 Å². The van der Waals surface area contributed by atoms with Gasteiger partial charge in [0.05, 0.1) is 5.75 Å². The number of carbonyl (C=O) groups is 1. The average molecular weight is 246 g/mol. The summed E-state index contributed by atoms with van der Waals surface area (Å²) in [5.41, 5.74) is 9.72. The summed E-state index contributed by atoms with van der Waals surface area (Å²) in [6, 6.07) is -0.816. The Balaban J connectivity index is 0. The lowest BCUT2D eigenvalue weighted by molar-refractivity contribution is -0.137. The fourth-order valence-electron chi connectivity index (χ4n) is 0.227. The molecular weight excluding hydrogens is 232 g/mol. The largest absolute Gasteiger partial charge is 0.480 e. The monoisotopic (exact) mass is 246 g/mol. The molecule has 0 rings (SSSR count). The van der Waals surface area contributed by atoms with E-state index in [0.717, 1.165) is 0 Å². The lowest BCUT2D eigenvalue weighted by Crippen LogP contribution is -2.31. The van der Waals surface area contributed by atoms with Crippen LogP contribution in [0.4, 0.5) is 0 Å². The molecule has 0 radical (unpaired) electrons. The third kappa shape index (κ3) is 14.2. The van der Waals surface area contributed by atoms with Crippen molar-refractivity contribution >= 4 is 28.7 Å². The molecule has 1 atom stereocenters. The number of carboxylic acids is 1. The highest BCUT2D eigenvalue weighted by Gasteiger charge is 2.06. The first-order chi connectivity index (χ1) is 6.24. The lowest BCUT2D eigenvalue weighted by Gasteiger charge is -1.96. The molecule has 7 nitrogen and oxygen atoms in total. The molecular formula is C5H14N2O5S2. The summed E-state index contributed by atoms with van der Waals surface area (Å²) in [5, 5.41) is 8.01. The molecule has 14 heavy (non-hydrogen) atoms. The van der Waals surface area contributed by atoms with Crippen molar-refractivity contribution in [2.75, 3.05) is 18.1 Å². The number of carboxylic acid groups (broad SMARTS) is 1. The number of rotatable bonds is 4. The Morgan fingerprint density at radius 1 is 1.50 bits per heavy atom.